The van der Waals surface area contributed by atoms with Gasteiger partial charge >= 0.3 is 0 Å². The number of nitrogens with one attached hydrogen (secondary N) is 1. The summed E-state index contributed by atoms with van der Waals surface area (Å²) in [4.78, 5) is 36.6. The van der Waals surface area contributed by atoms with E-state index in [-0.39, 0.29) is 17.9 Å². The highest BCUT2D eigenvalue weighted by molar-refractivity contribution is 7.98. The first kappa shape index (κ1) is 21.3. The summed E-state index contributed by atoms with van der Waals surface area (Å²) in [6.07, 6.45) is 7.40. The van der Waals surface area contributed by atoms with E-state index in [2.05, 4.69) is 15.3 Å². The first-order chi connectivity index (χ1) is 12.9. The average Bonchev–Trinajstić information content (AvgIpc) is 2.64. The number of amides is 2. The Kier molecular flexibility index (Phi) is 8.15. The number of thioether (sulfide) groups is 1. The molecule has 0 unspecified atom stereocenters. The second kappa shape index (κ2) is 10.3. The van der Waals surface area contributed by atoms with Crippen molar-refractivity contribution in [3.8, 4) is 5.88 Å². The van der Waals surface area contributed by atoms with E-state index in [0.29, 0.717) is 31.2 Å². The fourth-order valence-corrected chi connectivity index (χ4v) is 3.53. The molecule has 1 N–H and O–H groups in total. The molecular formula is C18H29N5O3S. The van der Waals surface area contributed by atoms with Gasteiger partial charge in [0, 0.05) is 40.0 Å². The number of hydrogen-bond acceptors (Lipinski definition) is 7. The largest absolute Gasteiger partial charge is 0.470 e. The molecule has 0 bridgehead atoms. The SMILES string of the molecule is CSCC[C@@H](NC(C)=O)C(=O)N1CCC[C@H](Oc2nccnc2N(C)C)C1. The van der Waals surface area contributed by atoms with Crippen molar-refractivity contribution in [3.05, 3.63) is 12.4 Å². The molecule has 2 atom stereocenters. The first-order valence-corrected chi connectivity index (χ1v) is 10.5. The van der Waals surface area contributed by atoms with Gasteiger partial charge < -0.3 is 19.9 Å². The standard InChI is InChI=1S/C18H29N5O3S/c1-13(24)21-15(7-11-27-4)18(25)23-10-5-6-14(12-23)26-17-16(22(2)3)19-8-9-20-17/h8-9,14-15H,5-7,10-12H2,1-4H3,(H,21,24)/t14-,15+/m0/s1. The molecule has 1 aliphatic rings. The molecule has 150 valence electrons. The number of nitrogens with zero attached hydrogens (tertiary/aromatic N) is 4. The van der Waals surface area contributed by atoms with E-state index >= 15 is 0 Å². The number of piperidine rings is 1. The highest BCUT2D eigenvalue weighted by atomic mass is 32.2. The van der Waals surface area contributed by atoms with Gasteiger partial charge in [-0.25, -0.2) is 9.97 Å². The lowest BCUT2D eigenvalue weighted by molar-refractivity contribution is -0.138. The number of anilines is 1. The number of carbonyl (C=O) groups excluding carboxylic acids is 2. The van der Waals surface area contributed by atoms with Gasteiger partial charge in [-0.1, -0.05) is 0 Å². The molecule has 2 rings (SSSR count). The summed E-state index contributed by atoms with van der Waals surface area (Å²) in [7, 11) is 3.77. The third-order valence-electron chi connectivity index (χ3n) is 4.32. The van der Waals surface area contributed by atoms with Gasteiger partial charge in [-0.2, -0.15) is 11.8 Å². The van der Waals surface area contributed by atoms with Gasteiger partial charge in [-0.3, -0.25) is 9.59 Å². The smallest absolute Gasteiger partial charge is 0.257 e. The highest BCUT2D eigenvalue weighted by Crippen LogP contribution is 2.24. The van der Waals surface area contributed by atoms with E-state index in [1.807, 2.05) is 25.3 Å². The van der Waals surface area contributed by atoms with Crippen LogP contribution in [-0.2, 0) is 9.59 Å². The van der Waals surface area contributed by atoms with Crippen LogP contribution in [0.5, 0.6) is 5.88 Å². The summed E-state index contributed by atoms with van der Waals surface area (Å²) in [5, 5.41) is 2.79. The van der Waals surface area contributed by atoms with E-state index in [4.69, 9.17) is 4.74 Å². The van der Waals surface area contributed by atoms with E-state index in [1.54, 1.807) is 29.1 Å². The number of carbonyl (C=O) groups is 2. The molecule has 0 aliphatic carbocycles. The van der Waals surface area contributed by atoms with Crippen molar-refractivity contribution >= 4 is 29.4 Å². The van der Waals surface area contributed by atoms with Crippen LogP contribution in [-0.4, -0.2) is 78.0 Å². The molecule has 27 heavy (non-hydrogen) atoms. The van der Waals surface area contributed by atoms with Crippen LogP contribution in [0.25, 0.3) is 0 Å². The van der Waals surface area contributed by atoms with Crippen LogP contribution < -0.4 is 15.0 Å². The Morgan fingerprint density at radius 1 is 1.41 bits per heavy atom. The molecule has 1 saturated heterocycles. The highest BCUT2D eigenvalue weighted by Gasteiger charge is 2.30. The predicted molar refractivity (Wildman–Crippen MR) is 107 cm³/mol. The van der Waals surface area contributed by atoms with Crippen molar-refractivity contribution in [2.24, 2.45) is 0 Å². The Morgan fingerprint density at radius 2 is 2.15 bits per heavy atom. The Hall–Kier alpha value is -2.03. The van der Waals surface area contributed by atoms with Crippen molar-refractivity contribution in [2.45, 2.75) is 38.3 Å². The molecular weight excluding hydrogens is 366 g/mol. The van der Waals surface area contributed by atoms with Crippen LogP contribution in [0.4, 0.5) is 5.82 Å². The van der Waals surface area contributed by atoms with Crippen LogP contribution in [0.3, 0.4) is 0 Å². The minimum atomic E-state index is -0.484. The van der Waals surface area contributed by atoms with Gasteiger partial charge in [-0.05, 0) is 31.3 Å². The zero-order valence-electron chi connectivity index (χ0n) is 16.5. The maximum Gasteiger partial charge on any atom is 0.257 e. The number of likely N-dealkylation sites (tertiary alicyclic amines) is 1. The molecule has 1 aromatic heterocycles. The quantitative estimate of drug-likeness (QED) is 0.707. The average molecular weight is 396 g/mol. The van der Waals surface area contributed by atoms with Crippen molar-refractivity contribution in [3.63, 3.8) is 0 Å². The molecule has 1 fully saturated rings. The maximum absolute atomic E-state index is 12.9. The van der Waals surface area contributed by atoms with Gasteiger partial charge in [0.2, 0.25) is 11.8 Å². The molecule has 0 spiro atoms. The van der Waals surface area contributed by atoms with E-state index < -0.39 is 6.04 Å². The van der Waals surface area contributed by atoms with Crippen LogP contribution in [0, 0.1) is 0 Å². The molecule has 9 heteroatoms. The van der Waals surface area contributed by atoms with E-state index in [1.165, 1.54) is 6.92 Å². The Balaban J connectivity index is 2.03. The molecule has 8 nitrogen and oxygen atoms in total. The Bertz CT molecular complexity index is 643. The van der Waals surface area contributed by atoms with Gasteiger partial charge in [0.25, 0.3) is 5.88 Å². The second-order valence-corrected chi connectivity index (χ2v) is 7.77. The van der Waals surface area contributed by atoms with E-state index in [0.717, 1.165) is 18.6 Å². The third-order valence-corrected chi connectivity index (χ3v) is 4.97. The molecule has 1 aliphatic heterocycles. The van der Waals surface area contributed by atoms with Gasteiger partial charge in [0.1, 0.15) is 12.1 Å². The third kappa shape index (κ3) is 6.27. The van der Waals surface area contributed by atoms with Crippen molar-refractivity contribution < 1.29 is 14.3 Å². The number of rotatable bonds is 8. The minimum absolute atomic E-state index is 0.0421. The predicted octanol–water partition coefficient (Wildman–Crippen LogP) is 1.17. The van der Waals surface area contributed by atoms with Gasteiger partial charge in [0.05, 0.1) is 6.54 Å². The summed E-state index contributed by atoms with van der Waals surface area (Å²) < 4.78 is 6.07. The van der Waals surface area contributed by atoms with Crippen LogP contribution in [0.1, 0.15) is 26.2 Å². The summed E-state index contributed by atoms with van der Waals surface area (Å²) in [6.45, 7) is 2.60. The monoisotopic (exact) mass is 395 g/mol. The molecule has 2 heterocycles. The van der Waals surface area contributed by atoms with E-state index in [9.17, 15) is 9.59 Å². The molecule has 0 radical (unpaired) electrons. The van der Waals surface area contributed by atoms with Crippen LogP contribution >= 0.6 is 11.8 Å². The molecule has 0 saturated carbocycles. The van der Waals surface area contributed by atoms with Crippen molar-refractivity contribution in [2.75, 3.05) is 44.1 Å². The topological polar surface area (TPSA) is 87.7 Å². The van der Waals surface area contributed by atoms with Crippen molar-refractivity contribution in [1.82, 2.24) is 20.2 Å². The number of hydrogen-bond donors (Lipinski definition) is 1. The Morgan fingerprint density at radius 3 is 2.81 bits per heavy atom. The molecule has 0 aromatic carbocycles. The van der Waals surface area contributed by atoms with Crippen LogP contribution in [0.15, 0.2) is 12.4 Å². The Labute approximate surface area is 165 Å². The summed E-state index contributed by atoms with van der Waals surface area (Å²) >= 11 is 1.66. The zero-order valence-corrected chi connectivity index (χ0v) is 17.3. The zero-order chi connectivity index (χ0) is 19.8. The maximum atomic E-state index is 12.9. The lowest BCUT2D eigenvalue weighted by atomic mass is 10.1. The lowest BCUT2D eigenvalue weighted by Gasteiger charge is -2.35. The van der Waals surface area contributed by atoms with Crippen LogP contribution in [0.2, 0.25) is 0 Å². The summed E-state index contributed by atoms with van der Waals surface area (Å²) in [5.41, 5.74) is 0. The number of ether oxygens (including phenoxy) is 1. The lowest BCUT2D eigenvalue weighted by Crippen LogP contribution is -2.53. The molecule has 2 amide bonds. The first-order valence-electron chi connectivity index (χ1n) is 9.12. The summed E-state index contributed by atoms with van der Waals surface area (Å²) in [6, 6.07) is -0.484. The fourth-order valence-electron chi connectivity index (χ4n) is 3.06. The summed E-state index contributed by atoms with van der Waals surface area (Å²) in [5.74, 6) is 1.73. The normalized spacial score (nSPS) is 17.9. The molecule has 1 aromatic rings. The number of aromatic nitrogens is 2. The van der Waals surface area contributed by atoms with Crippen molar-refractivity contribution in [1.29, 1.82) is 0 Å². The van der Waals surface area contributed by atoms with Gasteiger partial charge in [0.15, 0.2) is 5.82 Å². The minimum Gasteiger partial charge on any atom is -0.470 e. The fraction of sp³-hybridized carbons (Fsp3) is 0.667. The van der Waals surface area contributed by atoms with Gasteiger partial charge in [-0.15, -0.1) is 0 Å². The second-order valence-electron chi connectivity index (χ2n) is 6.78.